The fraction of sp³-hybridized carbons (Fsp3) is 0.818. The summed E-state index contributed by atoms with van der Waals surface area (Å²) in [5.74, 6) is -1.11. The van der Waals surface area contributed by atoms with Crippen molar-refractivity contribution in [2.45, 2.75) is 68.9 Å². The molecule has 4 unspecified atom stereocenters. The molecule has 4 fully saturated rings. The van der Waals surface area contributed by atoms with Crippen molar-refractivity contribution in [2.24, 2.45) is 0 Å². The van der Waals surface area contributed by atoms with Crippen LogP contribution in [0.5, 0.6) is 0 Å². The van der Waals surface area contributed by atoms with Gasteiger partial charge in [-0.15, -0.1) is 0 Å². The molecule has 0 saturated carbocycles. The average molecular weight is 466 g/mol. The molecule has 4 aliphatic rings. The van der Waals surface area contributed by atoms with Crippen LogP contribution in [0.25, 0.3) is 0 Å². The minimum absolute atomic E-state index is 0.111. The molecule has 4 saturated heterocycles. The van der Waals surface area contributed by atoms with E-state index in [0.29, 0.717) is 32.4 Å². The van der Waals surface area contributed by atoms with E-state index in [1.807, 2.05) is 11.9 Å². The van der Waals surface area contributed by atoms with Crippen LogP contribution in [-0.4, -0.2) is 130 Å². The van der Waals surface area contributed by atoms with Gasteiger partial charge in [-0.1, -0.05) is 0 Å². The van der Waals surface area contributed by atoms with Crippen molar-refractivity contribution in [2.75, 3.05) is 46.3 Å². The van der Waals surface area contributed by atoms with Crippen LogP contribution < -0.4 is 5.32 Å². The number of hydrogen-bond acceptors (Lipinski definition) is 7. The van der Waals surface area contributed by atoms with E-state index in [9.17, 15) is 29.4 Å². The van der Waals surface area contributed by atoms with Crippen molar-refractivity contribution in [1.82, 2.24) is 24.9 Å². The fourth-order valence-electron chi connectivity index (χ4n) is 5.58. The molecule has 11 nitrogen and oxygen atoms in total. The van der Waals surface area contributed by atoms with Gasteiger partial charge in [0.15, 0.2) is 0 Å². The number of β-amino-alcohol motifs (C(OH)–C–C–N with tert-alkyl or cyclic N) is 2. The lowest BCUT2D eigenvalue weighted by atomic mass is 10.1. The number of nitrogens with one attached hydrogen (secondary N) is 1. The van der Waals surface area contributed by atoms with Gasteiger partial charge in [-0.3, -0.25) is 24.1 Å². The van der Waals surface area contributed by atoms with E-state index in [1.165, 1.54) is 9.80 Å². The molecule has 184 valence electrons. The number of amides is 4. The summed E-state index contributed by atoms with van der Waals surface area (Å²) in [5, 5.41) is 22.5. The predicted molar refractivity (Wildman–Crippen MR) is 117 cm³/mol. The summed E-state index contributed by atoms with van der Waals surface area (Å²) in [5.41, 5.74) is 0. The maximum atomic E-state index is 13.0. The van der Waals surface area contributed by atoms with Gasteiger partial charge in [-0.2, -0.15) is 0 Å². The third-order valence-electron chi connectivity index (χ3n) is 7.42. The number of likely N-dealkylation sites (N-methyl/N-ethyl adjacent to an activating group) is 1. The van der Waals surface area contributed by atoms with Crippen LogP contribution in [0, 0.1) is 0 Å². The molecule has 0 radical (unpaired) electrons. The highest BCUT2D eigenvalue weighted by molar-refractivity contribution is 5.94. The molecule has 0 aromatic heterocycles. The number of nitrogens with zero attached hydrogens (tertiary/aromatic N) is 4. The summed E-state index contributed by atoms with van der Waals surface area (Å²) in [6.45, 7) is 1.90. The van der Waals surface area contributed by atoms with Gasteiger partial charge in [0.25, 0.3) is 0 Å². The third kappa shape index (κ3) is 4.99. The highest BCUT2D eigenvalue weighted by atomic mass is 16.3. The fourth-order valence-corrected chi connectivity index (χ4v) is 5.58. The lowest BCUT2D eigenvalue weighted by Crippen LogP contribution is -2.53. The molecule has 3 N–H and O–H groups in total. The Morgan fingerprint density at radius 1 is 0.818 bits per heavy atom. The first-order valence-corrected chi connectivity index (χ1v) is 12.0. The molecule has 0 aromatic carbocycles. The smallest absolute Gasteiger partial charge is 0.245 e. The van der Waals surface area contributed by atoms with Crippen molar-refractivity contribution < 1.29 is 29.4 Å². The quantitative estimate of drug-likeness (QED) is 0.417. The highest BCUT2D eigenvalue weighted by Crippen LogP contribution is 2.25. The van der Waals surface area contributed by atoms with Crippen molar-refractivity contribution >= 4 is 23.6 Å². The average Bonchev–Trinajstić information content (AvgIpc) is 3.57. The normalized spacial score (nSPS) is 32.6. The number of carbonyl (C=O) groups is 4. The van der Waals surface area contributed by atoms with Gasteiger partial charge in [0.1, 0.15) is 12.1 Å². The zero-order chi connectivity index (χ0) is 23.7. The number of rotatable bonds is 5. The molecule has 4 amide bonds. The zero-order valence-corrected chi connectivity index (χ0v) is 19.2. The number of carbonyl (C=O) groups excluding carboxylic acids is 4. The van der Waals surface area contributed by atoms with E-state index in [-0.39, 0.29) is 49.8 Å². The minimum atomic E-state index is -0.809. The maximum Gasteiger partial charge on any atom is 0.245 e. The second-order valence-corrected chi connectivity index (χ2v) is 9.72. The van der Waals surface area contributed by atoms with Crippen LogP contribution in [0.1, 0.15) is 38.5 Å². The van der Waals surface area contributed by atoms with Gasteiger partial charge in [0.05, 0.1) is 24.8 Å². The van der Waals surface area contributed by atoms with Crippen molar-refractivity contribution in [3.8, 4) is 0 Å². The molecule has 0 aliphatic carbocycles. The van der Waals surface area contributed by atoms with Crippen LogP contribution in [0.15, 0.2) is 0 Å². The Labute approximate surface area is 193 Å². The SMILES string of the molecule is CN1CCCC1C(=O)N1CC(O)CC1C(=O)NCC(=O)N1CCC[C@H]1C(=O)N1CCC(O)C1. The Balaban J connectivity index is 1.33. The summed E-state index contributed by atoms with van der Waals surface area (Å²) in [6, 6.07) is -1.66. The van der Waals surface area contributed by atoms with E-state index in [1.54, 1.807) is 4.90 Å². The summed E-state index contributed by atoms with van der Waals surface area (Å²) in [4.78, 5) is 58.1. The molecule has 33 heavy (non-hydrogen) atoms. The van der Waals surface area contributed by atoms with Crippen molar-refractivity contribution in [3.63, 3.8) is 0 Å². The predicted octanol–water partition coefficient (Wildman–Crippen LogP) is -2.26. The Morgan fingerprint density at radius 3 is 2.21 bits per heavy atom. The standard InChI is InChI=1S/C22H35N5O6/c1-24-7-2-4-16(24)22(33)27-13-15(29)10-18(27)20(31)23-11-19(30)26-8-3-5-17(26)21(32)25-9-6-14(28)12-25/h14-18,28-29H,2-13H2,1H3,(H,23,31)/t14?,15?,16?,17-,18?/m0/s1. The Bertz CT molecular complexity index is 793. The molecule has 0 aromatic rings. The van der Waals surface area contributed by atoms with Gasteiger partial charge in [0.2, 0.25) is 23.6 Å². The minimum Gasteiger partial charge on any atom is -0.391 e. The third-order valence-corrected chi connectivity index (χ3v) is 7.42. The molecule has 4 rings (SSSR count). The molecule has 4 heterocycles. The van der Waals surface area contributed by atoms with Gasteiger partial charge in [-0.25, -0.2) is 0 Å². The molecule has 0 spiro atoms. The van der Waals surface area contributed by atoms with Crippen molar-refractivity contribution in [1.29, 1.82) is 0 Å². The second-order valence-electron chi connectivity index (χ2n) is 9.72. The summed E-state index contributed by atoms with van der Waals surface area (Å²) >= 11 is 0. The van der Waals surface area contributed by atoms with E-state index >= 15 is 0 Å². The maximum absolute atomic E-state index is 13.0. The molecule has 5 atom stereocenters. The molecule has 4 aliphatic heterocycles. The lowest BCUT2D eigenvalue weighted by Gasteiger charge is -2.30. The van der Waals surface area contributed by atoms with Crippen LogP contribution in [0.2, 0.25) is 0 Å². The summed E-state index contributed by atoms with van der Waals surface area (Å²) in [6.07, 6.45) is 2.31. The first kappa shape index (κ1) is 23.9. The zero-order valence-electron chi connectivity index (χ0n) is 19.2. The largest absolute Gasteiger partial charge is 0.391 e. The van der Waals surface area contributed by atoms with Crippen LogP contribution in [-0.2, 0) is 19.2 Å². The lowest BCUT2D eigenvalue weighted by molar-refractivity contribution is -0.144. The topological polar surface area (TPSA) is 134 Å². The van der Waals surface area contributed by atoms with Gasteiger partial charge in [-0.05, 0) is 45.7 Å². The first-order chi connectivity index (χ1) is 15.8. The summed E-state index contributed by atoms with van der Waals surface area (Å²) in [7, 11) is 1.88. The first-order valence-electron chi connectivity index (χ1n) is 12.0. The van der Waals surface area contributed by atoms with Gasteiger partial charge < -0.3 is 30.2 Å². The number of likely N-dealkylation sites (tertiary alicyclic amines) is 4. The number of hydrogen-bond donors (Lipinski definition) is 3. The molecular weight excluding hydrogens is 430 g/mol. The van der Waals surface area contributed by atoms with E-state index in [4.69, 9.17) is 0 Å². The Hall–Kier alpha value is -2.24. The molecule has 11 heteroatoms. The monoisotopic (exact) mass is 465 g/mol. The van der Waals surface area contributed by atoms with E-state index in [0.717, 1.165) is 19.4 Å². The highest BCUT2D eigenvalue weighted by Gasteiger charge is 2.43. The molecule has 0 bridgehead atoms. The number of aliphatic hydroxyl groups is 2. The number of aliphatic hydroxyl groups excluding tert-OH is 2. The van der Waals surface area contributed by atoms with E-state index in [2.05, 4.69) is 5.32 Å². The van der Waals surface area contributed by atoms with E-state index < -0.39 is 30.2 Å². The summed E-state index contributed by atoms with van der Waals surface area (Å²) < 4.78 is 0. The van der Waals surface area contributed by atoms with Crippen LogP contribution >= 0.6 is 0 Å². The Kier molecular flexibility index (Phi) is 7.20. The Morgan fingerprint density at radius 2 is 1.55 bits per heavy atom. The second kappa shape index (κ2) is 9.94. The van der Waals surface area contributed by atoms with Gasteiger partial charge in [0, 0.05) is 32.6 Å². The van der Waals surface area contributed by atoms with Gasteiger partial charge >= 0.3 is 0 Å². The van der Waals surface area contributed by atoms with Crippen LogP contribution in [0.3, 0.4) is 0 Å². The molecular formula is C22H35N5O6. The van der Waals surface area contributed by atoms with Crippen LogP contribution in [0.4, 0.5) is 0 Å². The van der Waals surface area contributed by atoms with Crippen molar-refractivity contribution in [3.05, 3.63) is 0 Å².